The van der Waals surface area contributed by atoms with Crippen LogP contribution in [-0.2, 0) is 6.61 Å². The van der Waals surface area contributed by atoms with Gasteiger partial charge in [-0.05, 0) is 17.7 Å². The number of nitro groups is 1. The van der Waals surface area contributed by atoms with Crippen LogP contribution >= 0.6 is 39.1 Å². The van der Waals surface area contributed by atoms with Crippen molar-refractivity contribution in [2.75, 3.05) is 0 Å². The first-order valence-corrected chi connectivity index (χ1v) is 7.03. The molecule has 0 aliphatic rings. The van der Waals surface area contributed by atoms with E-state index in [-0.39, 0.29) is 28.1 Å². The first-order chi connectivity index (χ1) is 9.47. The van der Waals surface area contributed by atoms with Crippen LogP contribution < -0.4 is 4.74 Å². The van der Waals surface area contributed by atoms with E-state index in [0.717, 1.165) is 10.0 Å². The van der Waals surface area contributed by atoms with Crippen LogP contribution in [0.5, 0.6) is 5.75 Å². The number of hydrogen-bond acceptors (Lipinski definition) is 3. The van der Waals surface area contributed by atoms with Crippen molar-refractivity contribution in [3.05, 3.63) is 66.6 Å². The van der Waals surface area contributed by atoms with Crippen LogP contribution in [-0.4, -0.2) is 4.92 Å². The Balaban J connectivity index is 2.17. The van der Waals surface area contributed by atoms with Crippen LogP contribution in [0.2, 0.25) is 10.0 Å². The van der Waals surface area contributed by atoms with Gasteiger partial charge in [0.1, 0.15) is 6.61 Å². The maximum atomic E-state index is 10.7. The maximum Gasteiger partial charge on any atom is 0.272 e. The number of nitrogens with zero attached hydrogens (tertiary/aromatic N) is 1. The predicted molar refractivity (Wildman–Crippen MR) is 81.6 cm³/mol. The monoisotopic (exact) mass is 375 g/mol. The Kier molecular flexibility index (Phi) is 4.86. The average molecular weight is 377 g/mol. The molecule has 2 rings (SSSR count). The zero-order valence-electron chi connectivity index (χ0n) is 9.98. The fourth-order valence-electron chi connectivity index (χ4n) is 1.53. The summed E-state index contributed by atoms with van der Waals surface area (Å²) in [6.07, 6.45) is 0. The smallest absolute Gasteiger partial charge is 0.272 e. The van der Waals surface area contributed by atoms with Gasteiger partial charge in [-0.15, -0.1) is 0 Å². The van der Waals surface area contributed by atoms with Crippen molar-refractivity contribution >= 4 is 44.8 Å². The molecule has 0 atom stereocenters. The lowest BCUT2D eigenvalue weighted by Crippen LogP contribution is -1.97. The van der Waals surface area contributed by atoms with Gasteiger partial charge in [0.25, 0.3) is 5.69 Å². The average Bonchev–Trinajstić information content (AvgIpc) is 2.39. The molecular formula is C13H8BrCl2NO3. The molecule has 2 aromatic carbocycles. The van der Waals surface area contributed by atoms with Crippen molar-refractivity contribution < 1.29 is 9.66 Å². The molecule has 0 saturated heterocycles. The third kappa shape index (κ3) is 3.62. The standard InChI is InChI=1S/C13H8BrCl2NO3/c14-9-3-1-8(2-4-9)7-20-13-11(15)5-10(17(18)19)6-12(13)16/h1-6H,7H2. The van der Waals surface area contributed by atoms with Crippen LogP contribution in [0.4, 0.5) is 5.69 Å². The van der Waals surface area contributed by atoms with Crippen molar-refractivity contribution in [2.45, 2.75) is 6.61 Å². The highest BCUT2D eigenvalue weighted by molar-refractivity contribution is 9.10. The number of rotatable bonds is 4. The number of hydrogen-bond donors (Lipinski definition) is 0. The fraction of sp³-hybridized carbons (Fsp3) is 0.0769. The largest absolute Gasteiger partial charge is 0.486 e. The molecule has 104 valence electrons. The second-order valence-electron chi connectivity index (χ2n) is 3.91. The van der Waals surface area contributed by atoms with Crippen LogP contribution in [0.3, 0.4) is 0 Å². The molecule has 2 aromatic rings. The third-order valence-electron chi connectivity index (χ3n) is 2.49. The van der Waals surface area contributed by atoms with Gasteiger partial charge in [0.05, 0.1) is 15.0 Å². The van der Waals surface area contributed by atoms with Crippen molar-refractivity contribution in [2.24, 2.45) is 0 Å². The summed E-state index contributed by atoms with van der Waals surface area (Å²) >= 11 is 15.2. The molecule has 0 saturated carbocycles. The SMILES string of the molecule is O=[N+]([O-])c1cc(Cl)c(OCc2ccc(Br)cc2)c(Cl)c1. The number of halogens is 3. The van der Waals surface area contributed by atoms with Crippen molar-refractivity contribution in [3.8, 4) is 5.75 Å². The summed E-state index contributed by atoms with van der Waals surface area (Å²) in [5.74, 6) is 0.238. The molecule has 0 aliphatic carbocycles. The summed E-state index contributed by atoms with van der Waals surface area (Å²) in [6.45, 7) is 0.268. The number of nitro benzene ring substituents is 1. The van der Waals surface area contributed by atoms with Gasteiger partial charge in [0.2, 0.25) is 0 Å². The van der Waals surface area contributed by atoms with Crippen LogP contribution in [0.15, 0.2) is 40.9 Å². The molecule has 0 radical (unpaired) electrons. The minimum atomic E-state index is -0.559. The minimum Gasteiger partial charge on any atom is -0.486 e. The van der Waals surface area contributed by atoms with Crippen molar-refractivity contribution in [1.82, 2.24) is 0 Å². The normalized spacial score (nSPS) is 10.3. The van der Waals surface area contributed by atoms with E-state index >= 15 is 0 Å². The lowest BCUT2D eigenvalue weighted by Gasteiger charge is -2.10. The Labute approximate surface area is 133 Å². The molecule has 0 unspecified atom stereocenters. The van der Waals surface area contributed by atoms with Crippen molar-refractivity contribution in [3.63, 3.8) is 0 Å². The third-order valence-corrected chi connectivity index (χ3v) is 3.58. The minimum absolute atomic E-state index is 0.112. The second kappa shape index (κ2) is 6.43. The molecule has 0 amide bonds. The van der Waals surface area contributed by atoms with Gasteiger partial charge < -0.3 is 4.74 Å². The molecule has 0 aliphatic heterocycles. The molecule has 0 fully saturated rings. The van der Waals surface area contributed by atoms with Gasteiger partial charge in [-0.2, -0.15) is 0 Å². The zero-order valence-corrected chi connectivity index (χ0v) is 13.1. The van der Waals surface area contributed by atoms with E-state index in [0.29, 0.717) is 0 Å². The van der Waals surface area contributed by atoms with Gasteiger partial charge in [0.15, 0.2) is 5.75 Å². The van der Waals surface area contributed by atoms with Gasteiger partial charge >= 0.3 is 0 Å². The number of non-ortho nitro benzene ring substituents is 1. The molecule has 4 nitrogen and oxygen atoms in total. The van der Waals surface area contributed by atoms with E-state index in [1.807, 2.05) is 24.3 Å². The van der Waals surface area contributed by atoms with Gasteiger partial charge in [-0.3, -0.25) is 10.1 Å². The molecule has 0 heterocycles. The first-order valence-electron chi connectivity index (χ1n) is 5.48. The van der Waals surface area contributed by atoms with Gasteiger partial charge in [-0.25, -0.2) is 0 Å². The highest BCUT2D eigenvalue weighted by atomic mass is 79.9. The predicted octanol–water partition coefficient (Wildman–Crippen LogP) is 5.24. The zero-order chi connectivity index (χ0) is 14.7. The quantitative estimate of drug-likeness (QED) is 0.541. The molecule has 7 heteroatoms. The molecule has 20 heavy (non-hydrogen) atoms. The van der Waals surface area contributed by atoms with E-state index in [2.05, 4.69) is 15.9 Å². The fourth-order valence-corrected chi connectivity index (χ4v) is 2.37. The highest BCUT2D eigenvalue weighted by Gasteiger charge is 2.15. The van der Waals surface area contributed by atoms with E-state index in [4.69, 9.17) is 27.9 Å². The van der Waals surface area contributed by atoms with Gasteiger partial charge in [0, 0.05) is 16.6 Å². The molecule has 0 aromatic heterocycles. The number of benzene rings is 2. The van der Waals surface area contributed by atoms with E-state index in [9.17, 15) is 10.1 Å². The molecule has 0 spiro atoms. The summed E-state index contributed by atoms with van der Waals surface area (Å²) in [7, 11) is 0. The summed E-state index contributed by atoms with van der Waals surface area (Å²) in [5.41, 5.74) is 0.759. The summed E-state index contributed by atoms with van der Waals surface area (Å²) < 4.78 is 6.49. The topological polar surface area (TPSA) is 52.4 Å². The molecule has 0 bridgehead atoms. The lowest BCUT2D eigenvalue weighted by atomic mass is 10.2. The molecular weight excluding hydrogens is 369 g/mol. The Morgan fingerprint density at radius 1 is 1.15 bits per heavy atom. The van der Waals surface area contributed by atoms with E-state index < -0.39 is 4.92 Å². The summed E-state index contributed by atoms with van der Waals surface area (Å²) in [6, 6.07) is 9.97. The Morgan fingerprint density at radius 2 is 1.70 bits per heavy atom. The Morgan fingerprint density at radius 3 is 2.20 bits per heavy atom. The van der Waals surface area contributed by atoms with E-state index in [1.165, 1.54) is 12.1 Å². The Bertz CT molecular complexity index is 624. The summed E-state index contributed by atoms with van der Waals surface area (Å²) in [4.78, 5) is 10.1. The van der Waals surface area contributed by atoms with E-state index in [1.54, 1.807) is 0 Å². The van der Waals surface area contributed by atoms with Gasteiger partial charge in [-0.1, -0.05) is 51.3 Å². The first kappa shape index (κ1) is 15.1. The van der Waals surface area contributed by atoms with Crippen LogP contribution in [0, 0.1) is 10.1 Å². The molecule has 0 N–H and O–H groups in total. The second-order valence-corrected chi connectivity index (χ2v) is 5.64. The Hall–Kier alpha value is -1.30. The highest BCUT2D eigenvalue weighted by Crippen LogP contribution is 2.37. The van der Waals surface area contributed by atoms with Crippen LogP contribution in [0.25, 0.3) is 0 Å². The lowest BCUT2D eigenvalue weighted by molar-refractivity contribution is -0.384. The number of ether oxygens (including phenoxy) is 1. The van der Waals surface area contributed by atoms with Crippen molar-refractivity contribution in [1.29, 1.82) is 0 Å². The maximum absolute atomic E-state index is 10.7. The summed E-state index contributed by atoms with van der Waals surface area (Å²) in [5, 5.41) is 10.9. The van der Waals surface area contributed by atoms with Crippen LogP contribution in [0.1, 0.15) is 5.56 Å².